The summed E-state index contributed by atoms with van der Waals surface area (Å²) in [7, 11) is -1.74. The molecule has 0 aromatic rings. The van der Waals surface area contributed by atoms with Gasteiger partial charge in [0.2, 0.25) is 0 Å². The van der Waals surface area contributed by atoms with Crippen LogP contribution in [0.15, 0.2) is 0 Å². The molecule has 0 aromatic carbocycles. The maximum Gasteiger partial charge on any atom is 0.325 e. The van der Waals surface area contributed by atoms with Crippen LogP contribution in [0, 0.1) is 0 Å². The number of nitrogens with one attached hydrogen (secondary N) is 1. The quantitative estimate of drug-likeness (QED) is 0.747. The molecule has 100 valence electrons. The van der Waals surface area contributed by atoms with Gasteiger partial charge in [-0.1, -0.05) is 6.42 Å². The molecule has 0 spiro atoms. The van der Waals surface area contributed by atoms with Gasteiger partial charge in [-0.3, -0.25) is 10.1 Å². The van der Waals surface area contributed by atoms with Gasteiger partial charge in [-0.15, -0.1) is 0 Å². The normalized spacial score (nSPS) is 25.9. The van der Waals surface area contributed by atoms with Crippen LogP contribution in [0.4, 0.5) is 0 Å². The molecule has 2 atom stereocenters. The van der Waals surface area contributed by atoms with Crippen molar-refractivity contribution in [2.45, 2.75) is 49.9 Å². The summed E-state index contributed by atoms with van der Waals surface area (Å²) in [6.07, 6.45) is 3.56. The maximum atomic E-state index is 11.6. The van der Waals surface area contributed by atoms with E-state index in [2.05, 4.69) is 5.32 Å². The van der Waals surface area contributed by atoms with Gasteiger partial charge < -0.3 is 4.74 Å². The number of methoxy groups -OCH3 is 1. The summed E-state index contributed by atoms with van der Waals surface area (Å²) in [5.41, 5.74) is -0.854. The molecule has 2 unspecified atom stereocenters. The fourth-order valence-electron chi connectivity index (χ4n) is 2.38. The Kier molecular flexibility index (Phi) is 4.19. The highest BCUT2D eigenvalue weighted by molar-refractivity contribution is 7.91. The predicted molar refractivity (Wildman–Crippen MR) is 65.5 cm³/mol. The lowest BCUT2D eigenvalue weighted by molar-refractivity contribution is -0.147. The molecule has 5 nitrogen and oxygen atoms in total. The van der Waals surface area contributed by atoms with Crippen molar-refractivity contribution in [3.8, 4) is 0 Å². The Hall–Kier alpha value is -0.620. The zero-order valence-corrected chi connectivity index (χ0v) is 11.6. The van der Waals surface area contributed by atoms with Crippen LogP contribution in [-0.4, -0.2) is 44.6 Å². The number of hydrogen-bond donors (Lipinski definition) is 1. The van der Waals surface area contributed by atoms with Crippen molar-refractivity contribution < 1.29 is 17.9 Å². The number of sulfone groups is 1. The molecule has 0 saturated heterocycles. The third-order valence-corrected chi connectivity index (χ3v) is 4.91. The second kappa shape index (κ2) is 4.94. The van der Waals surface area contributed by atoms with E-state index in [1.807, 2.05) is 0 Å². The van der Waals surface area contributed by atoms with Crippen LogP contribution in [0.1, 0.15) is 33.1 Å². The van der Waals surface area contributed by atoms with Gasteiger partial charge >= 0.3 is 5.97 Å². The molecule has 17 heavy (non-hydrogen) atoms. The molecule has 0 bridgehead atoms. The molecule has 0 amide bonds. The van der Waals surface area contributed by atoms with Crippen LogP contribution in [0.25, 0.3) is 0 Å². The van der Waals surface area contributed by atoms with E-state index in [4.69, 9.17) is 4.74 Å². The number of hydrogen-bond acceptors (Lipinski definition) is 5. The third kappa shape index (κ3) is 3.42. The first-order chi connectivity index (χ1) is 7.68. The zero-order chi connectivity index (χ0) is 13.3. The summed E-state index contributed by atoms with van der Waals surface area (Å²) < 4.78 is 27.9. The van der Waals surface area contributed by atoms with E-state index in [-0.39, 0.29) is 12.0 Å². The van der Waals surface area contributed by atoms with Crippen LogP contribution in [0.3, 0.4) is 0 Å². The summed E-state index contributed by atoms with van der Waals surface area (Å²) in [5.74, 6) is -0.378. The number of rotatable bonds is 4. The lowest BCUT2D eigenvalue weighted by atomic mass is 10.0. The lowest BCUT2D eigenvalue weighted by Crippen LogP contribution is -2.55. The summed E-state index contributed by atoms with van der Waals surface area (Å²) in [6, 6.07) is -0.168. The van der Waals surface area contributed by atoms with Crippen molar-refractivity contribution in [2.75, 3.05) is 13.4 Å². The SMILES string of the molecule is COC(=O)C(C)(C)NC1CCCC1S(C)(=O)=O. The highest BCUT2D eigenvalue weighted by Gasteiger charge is 2.40. The minimum absolute atomic E-state index is 0.168. The highest BCUT2D eigenvalue weighted by Crippen LogP contribution is 2.26. The van der Waals surface area contributed by atoms with E-state index in [0.29, 0.717) is 6.42 Å². The average Bonchev–Trinajstić information content (AvgIpc) is 2.63. The summed E-state index contributed by atoms with van der Waals surface area (Å²) >= 11 is 0. The van der Waals surface area contributed by atoms with Gasteiger partial charge in [-0.2, -0.15) is 0 Å². The fourth-order valence-corrected chi connectivity index (χ4v) is 3.78. The van der Waals surface area contributed by atoms with Gasteiger partial charge in [-0.05, 0) is 26.7 Å². The van der Waals surface area contributed by atoms with Crippen LogP contribution < -0.4 is 5.32 Å². The van der Waals surface area contributed by atoms with E-state index >= 15 is 0 Å². The molecule has 1 aliphatic rings. The first kappa shape index (κ1) is 14.4. The summed E-state index contributed by atoms with van der Waals surface area (Å²) in [6.45, 7) is 3.41. The average molecular weight is 263 g/mol. The van der Waals surface area contributed by atoms with Gasteiger partial charge in [0.05, 0.1) is 12.4 Å². The molecule has 1 fully saturated rings. The summed E-state index contributed by atoms with van der Waals surface area (Å²) in [5, 5.41) is 2.71. The Morgan fingerprint density at radius 3 is 2.41 bits per heavy atom. The van der Waals surface area contributed by atoms with Crippen molar-refractivity contribution >= 4 is 15.8 Å². The third-order valence-electron chi connectivity index (χ3n) is 3.24. The van der Waals surface area contributed by atoms with Gasteiger partial charge in [0.1, 0.15) is 5.54 Å². The molecular formula is C11H21NO4S. The smallest absolute Gasteiger partial charge is 0.325 e. The van der Waals surface area contributed by atoms with Gasteiger partial charge in [0.15, 0.2) is 9.84 Å². The standard InChI is InChI=1S/C11H21NO4S/c1-11(2,10(13)16-3)12-8-6-5-7-9(8)17(4,14)15/h8-9,12H,5-7H2,1-4H3. The number of carbonyl (C=O) groups excluding carboxylic acids is 1. The predicted octanol–water partition coefficient (Wildman–Crippen LogP) is 0.493. The first-order valence-corrected chi connectivity index (χ1v) is 7.69. The Bertz CT molecular complexity index is 388. The van der Waals surface area contributed by atoms with Crippen molar-refractivity contribution in [3.63, 3.8) is 0 Å². The largest absolute Gasteiger partial charge is 0.468 e. The van der Waals surface area contributed by atoms with E-state index in [1.54, 1.807) is 13.8 Å². The first-order valence-electron chi connectivity index (χ1n) is 5.73. The van der Waals surface area contributed by atoms with E-state index < -0.39 is 20.6 Å². The van der Waals surface area contributed by atoms with Crippen molar-refractivity contribution in [2.24, 2.45) is 0 Å². The van der Waals surface area contributed by atoms with Gasteiger partial charge in [0.25, 0.3) is 0 Å². The topological polar surface area (TPSA) is 72.5 Å². The fraction of sp³-hybridized carbons (Fsp3) is 0.909. The second-order valence-electron chi connectivity index (χ2n) is 5.17. The Balaban J connectivity index is 2.78. The van der Waals surface area contributed by atoms with E-state index in [9.17, 15) is 13.2 Å². The Morgan fingerprint density at radius 2 is 1.94 bits per heavy atom. The number of carbonyl (C=O) groups is 1. The van der Waals surface area contributed by atoms with Crippen LogP contribution in [-0.2, 0) is 19.4 Å². The maximum absolute atomic E-state index is 11.6. The van der Waals surface area contributed by atoms with Gasteiger partial charge in [0, 0.05) is 12.3 Å². The van der Waals surface area contributed by atoms with Crippen molar-refractivity contribution in [1.29, 1.82) is 0 Å². The van der Waals surface area contributed by atoms with E-state index in [0.717, 1.165) is 12.8 Å². The lowest BCUT2D eigenvalue weighted by Gasteiger charge is -2.30. The van der Waals surface area contributed by atoms with Crippen LogP contribution >= 0.6 is 0 Å². The minimum atomic E-state index is -3.07. The molecule has 0 aromatic heterocycles. The molecule has 0 heterocycles. The Labute approximate surface area is 103 Å². The highest BCUT2D eigenvalue weighted by atomic mass is 32.2. The number of ether oxygens (including phenoxy) is 1. The summed E-state index contributed by atoms with van der Waals surface area (Å²) in [4.78, 5) is 11.5. The molecule has 1 saturated carbocycles. The zero-order valence-electron chi connectivity index (χ0n) is 10.8. The number of esters is 1. The van der Waals surface area contributed by atoms with Crippen molar-refractivity contribution in [3.05, 3.63) is 0 Å². The molecule has 6 heteroatoms. The van der Waals surface area contributed by atoms with Gasteiger partial charge in [-0.25, -0.2) is 8.42 Å². The van der Waals surface area contributed by atoms with Crippen LogP contribution in [0.2, 0.25) is 0 Å². The molecule has 1 N–H and O–H groups in total. The van der Waals surface area contributed by atoms with Crippen LogP contribution in [0.5, 0.6) is 0 Å². The molecule has 0 aliphatic heterocycles. The minimum Gasteiger partial charge on any atom is -0.468 e. The molecule has 1 rings (SSSR count). The molecule has 0 radical (unpaired) electrons. The van der Waals surface area contributed by atoms with E-state index in [1.165, 1.54) is 13.4 Å². The second-order valence-corrected chi connectivity index (χ2v) is 7.43. The van der Waals surface area contributed by atoms with Crippen molar-refractivity contribution in [1.82, 2.24) is 5.32 Å². The monoisotopic (exact) mass is 263 g/mol. The Morgan fingerprint density at radius 1 is 1.35 bits per heavy atom. The molecule has 1 aliphatic carbocycles. The molecular weight excluding hydrogens is 242 g/mol.